The zero-order chi connectivity index (χ0) is 21.7. The lowest BCUT2D eigenvalue weighted by atomic mass is 9.74. The minimum Gasteiger partial charge on any atom is -0.258 e. The predicted octanol–water partition coefficient (Wildman–Crippen LogP) is 3.32. The van der Waals surface area contributed by atoms with Crippen molar-refractivity contribution in [1.29, 1.82) is 0 Å². The van der Waals surface area contributed by atoms with E-state index in [4.69, 9.17) is 15.8 Å². The molecular formula is C19H18ClF2NO5S2. The van der Waals surface area contributed by atoms with Gasteiger partial charge in [-0.05, 0) is 61.7 Å². The minimum absolute atomic E-state index is 0.0775. The summed E-state index contributed by atoms with van der Waals surface area (Å²) in [6.07, 6.45) is -0.108. The Morgan fingerprint density at radius 1 is 1.13 bits per heavy atom. The van der Waals surface area contributed by atoms with Crippen molar-refractivity contribution in [3.05, 3.63) is 64.7 Å². The molecule has 1 N–H and O–H groups in total. The van der Waals surface area contributed by atoms with Crippen LogP contribution in [0.5, 0.6) is 0 Å². The first-order valence-corrected chi connectivity index (χ1v) is 12.4. The normalized spacial score (nSPS) is 28.6. The highest BCUT2D eigenvalue weighted by atomic mass is 35.5. The molecule has 1 saturated heterocycles. The molecule has 1 heterocycles. The monoisotopic (exact) mass is 477 g/mol. The summed E-state index contributed by atoms with van der Waals surface area (Å²) in [6, 6.07) is 7.64. The lowest BCUT2D eigenvalue weighted by molar-refractivity contribution is 0.128. The van der Waals surface area contributed by atoms with Crippen LogP contribution in [0.15, 0.2) is 47.4 Å². The Labute approximate surface area is 178 Å². The molecule has 0 spiro atoms. The van der Waals surface area contributed by atoms with E-state index in [0.29, 0.717) is 5.02 Å². The number of hydrogen-bond donors (Lipinski definition) is 1. The number of benzene rings is 2. The maximum Gasteiger partial charge on any atom is 0.336 e. The van der Waals surface area contributed by atoms with Gasteiger partial charge in [-0.2, -0.15) is 13.1 Å². The van der Waals surface area contributed by atoms with E-state index in [1.54, 1.807) is 0 Å². The third-order valence-electron chi connectivity index (χ3n) is 5.81. The van der Waals surface area contributed by atoms with Gasteiger partial charge in [-0.15, -0.1) is 0 Å². The highest BCUT2D eigenvalue weighted by Crippen LogP contribution is 2.50. The Hall–Kier alpha value is -1.59. The Morgan fingerprint density at radius 3 is 2.53 bits per heavy atom. The summed E-state index contributed by atoms with van der Waals surface area (Å²) < 4.78 is 85.3. The Balaban J connectivity index is 1.87. The standard InChI is InChI=1S/C19H18ClF2NO5S2/c20-13-1-4-15(5-2-13)29(24,25)19(16-9-14(21)3-6-17(16)22)8-7-18-12(10-19)11-28-30(26,27)23-18/h1-6,9,12,18,23H,7-8,10-11H2. The number of sulfone groups is 1. The molecule has 1 aliphatic carbocycles. The summed E-state index contributed by atoms with van der Waals surface area (Å²) in [5.74, 6) is -2.14. The lowest BCUT2D eigenvalue weighted by Gasteiger charge is -2.45. The molecule has 0 amide bonds. The first-order valence-electron chi connectivity index (χ1n) is 9.16. The number of hydrogen-bond acceptors (Lipinski definition) is 5. The van der Waals surface area contributed by atoms with Crippen LogP contribution in [0.25, 0.3) is 0 Å². The van der Waals surface area contributed by atoms with E-state index in [9.17, 15) is 25.6 Å². The van der Waals surface area contributed by atoms with Crippen molar-refractivity contribution in [3.63, 3.8) is 0 Å². The maximum absolute atomic E-state index is 14.9. The van der Waals surface area contributed by atoms with Gasteiger partial charge in [0.25, 0.3) is 0 Å². The summed E-state index contributed by atoms with van der Waals surface area (Å²) >= 11 is 5.88. The maximum atomic E-state index is 14.9. The fourth-order valence-corrected chi connectivity index (χ4v) is 7.78. The summed E-state index contributed by atoms with van der Waals surface area (Å²) in [6.45, 7) is -0.241. The van der Waals surface area contributed by atoms with Crippen LogP contribution in [0, 0.1) is 17.6 Å². The van der Waals surface area contributed by atoms with Crippen LogP contribution >= 0.6 is 11.6 Å². The summed E-state index contributed by atoms with van der Waals surface area (Å²) in [4.78, 5) is -0.0775. The summed E-state index contributed by atoms with van der Waals surface area (Å²) in [7, 11) is -8.12. The quantitative estimate of drug-likeness (QED) is 0.732. The Kier molecular flexibility index (Phi) is 5.43. The molecule has 162 valence electrons. The Morgan fingerprint density at radius 2 is 1.83 bits per heavy atom. The van der Waals surface area contributed by atoms with Crippen LogP contribution in [0.2, 0.25) is 5.02 Å². The SMILES string of the molecule is O=S1(=O)NC2CCC(c3cc(F)ccc3F)(S(=O)(=O)c3ccc(Cl)cc3)CC2CO1. The second-order valence-electron chi connectivity index (χ2n) is 7.54. The second kappa shape index (κ2) is 7.52. The molecule has 2 aromatic carbocycles. The molecule has 2 aromatic rings. The fourth-order valence-electron chi connectivity index (χ4n) is 4.34. The van der Waals surface area contributed by atoms with Gasteiger partial charge in [0.2, 0.25) is 0 Å². The van der Waals surface area contributed by atoms with Crippen LogP contribution in [0.1, 0.15) is 24.8 Å². The Bertz CT molecular complexity index is 1190. The molecule has 0 radical (unpaired) electrons. The van der Waals surface area contributed by atoms with Crippen LogP contribution in [-0.2, 0) is 29.1 Å². The molecular weight excluding hydrogens is 460 g/mol. The highest BCUT2D eigenvalue weighted by molar-refractivity contribution is 7.92. The molecule has 4 rings (SSSR count). The zero-order valence-electron chi connectivity index (χ0n) is 15.5. The van der Waals surface area contributed by atoms with Crippen molar-refractivity contribution in [2.24, 2.45) is 5.92 Å². The van der Waals surface area contributed by atoms with Gasteiger partial charge < -0.3 is 0 Å². The van der Waals surface area contributed by atoms with Crippen LogP contribution < -0.4 is 4.72 Å². The van der Waals surface area contributed by atoms with E-state index in [-0.39, 0.29) is 36.3 Å². The van der Waals surface area contributed by atoms with Gasteiger partial charge >= 0.3 is 10.3 Å². The van der Waals surface area contributed by atoms with E-state index < -0.39 is 48.5 Å². The van der Waals surface area contributed by atoms with Crippen molar-refractivity contribution < 1.29 is 29.8 Å². The molecule has 6 nitrogen and oxygen atoms in total. The molecule has 1 aliphatic heterocycles. The molecule has 30 heavy (non-hydrogen) atoms. The van der Waals surface area contributed by atoms with Gasteiger partial charge in [0.05, 0.1) is 11.5 Å². The van der Waals surface area contributed by atoms with Gasteiger partial charge in [-0.3, -0.25) is 4.18 Å². The predicted molar refractivity (Wildman–Crippen MR) is 106 cm³/mol. The highest BCUT2D eigenvalue weighted by Gasteiger charge is 2.54. The van der Waals surface area contributed by atoms with E-state index in [1.807, 2.05) is 0 Å². The van der Waals surface area contributed by atoms with Gasteiger partial charge in [-0.1, -0.05) is 11.6 Å². The minimum atomic E-state index is -4.21. The number of fused-ring (bicyclic) bond motifs is 1. The molecule has 1 saturated carbocycles. The summed E-state index contributed by atoms with van der Waals surface area (Å²) in [5.41, 5.74) is -0.274. The molecule has 3 unspecified atom stereocenters. The third-order valence-corrected chi connectivity index (χ3v) is 9.61. The molecule has 11 heteroatoms. The lowest BCUT2D eigenvalue weighted by Crippen LogP contribution is -2.55. The van der Waals surface area contributed by atoms with Crippen LogP contribution in [0.3, 0.4) is 0 Å². The molecule has 2 aliphatic rings. The van der Waals surface area contributed by atoms with E-state index in [2.05, 4.69) is 4.72 Å². The van der Waals surface area contributed by atoms with Gasteiger partial charge in [0.1, 0.15) is 16.4 Å². The van der Waals surface area contributed by atoms with E-state index >= 15 is 0 Å². The zero-order valence-corrected chi connectivity index (χ0v) is 17.9. The van der Waals surface area contributed by atoms with Gasteiger partial charge in [-0.25, -0.2) is 17.2 Å². The van der Waals surface area contributed by atoms with Crippen LogP contribution in [-0.4, -0.2) is 29.5 Å². The fraction of sp³-hybridized carbons (Fsp3) is 0.368. The average Bonchev–Trinajstić information content (AvgIpc) is 2.69. The average molecular weight is 478 g/mol. The van der Waals surface area contributed by atoms with Crippen molar-refractivity contribution in [2.75, 3.05) is 6.61 Å². The number of nitrogens with one attached hydrogen (secondary N) is 1. The molecule has 3 atom stereocenters. The summed E-state index contributed by atoms with van der Waals surface area (Å²) in [5, 5.41) is 0.332. The first kappa shape index (κ1) is 21.6. The third kappa shape index (κ3) is 3.64. The number of halogens is 3. The molecule has 2 fully saturated rings. The smallest absolute Gasteiger partial charge is 0.258 e. The van der Waals surface area contributed by atoms with Crippen molar-refractivity contribution in [3.8, 4) is 0 Å². The van der Waals surface area contributed by atoms with Crippen molar-refractivity contribution >= 4 is 31.7 Å². The van der Waals surface area contributed by atoms with Crippen molar-refractivity contribution in [2.45, 2.75) is 34.9 Å². The van der Waals surface area contributed by atoms with E-state index in [0.717, 1.165) is 18.2 Å². The first-order chi connectivity index (χ1) is 14.0. The van der Waals surface area contributed by atoms with E-state index in [1.165, 1.54) is 24.3 Å². The second-order valence-corrected chi connectivity index (χ2v) is 11.6. The molecule has 0 bridgehead atoms. The largest absolute Gasteiger partial charge is 0.336 e. The van der Waals surface area contributed by atoms with Gasteiger partial charge in [0, 0.05) is 22.5 Å². The van der Waals surface area contributed by atoms with Crippen molar-refractivity contribution in [1.82, 2.24) is 4.72 Å². The van der Waals surface area contributed by atoms with Crippen LogP contribution in [0.4, 0.5) is 8.78 Å². The molecule has 0 aromatic heterocycles. The number of rotatable bonds is 3. The topological polar surface area (TPSA) is 89.5 Å². The van der Waals surface area contributed by atoms with Gasteiger partial charge in [0.15, 0.2) is 9.84 Å².